The minimum Gasteiger partial charge on any atom is -0.491 e. The van der Waals surface area contributed by atoms with E-state index in [4.69, 9.17) is 4.74 Å². The van der Waals surface area contributed by atoms with Gasteiger partial charge in [-0.1, -0.05) is 12.1 Å². The molecule has 0 aliphatic carbocycles. The van der Waals surface area contributed by atoms with E-state index in [2.05, 4.69) is 5.32 Å². The molecule has 1 aromatic rings. The first-order chi connectivity index (χ1) is 11.8. The van der Waals surface area contributed by atoms with Crippen LogP contribution in [0.15, 0.2) is 18.2 Å². The van der Waals surface area contributed by atoms with Gasteiger partial charge in [0.25, 0.3) is 0 Å². The number of ether oxygens (including phenoxy) is 1. The molecule has 1 amide bonds. The van der Waals surface area contributed by atoms with Gasteiger partial charge in [-0.25, -0.2) is 12.7 Å². The van der Waals surface area contributed by atoms with Crippen molar-refractivity contribution in [3.05, 3.63) is 29.3 Å². The Balaban J connectivity index is 1.79. The van der Waals surface area contributed by atoms with Crippen LogP contribution in [-0.4, -0.2) is 50.6 Å². The van der Waals surface area contributed by atoms with Crippen LogP contribution in [0.3, 0.4) is 0 Å². The van der Waals surface area contributed by atoms with E-state index < -0.39 is 10.0 Å². The molecule has 1 N–H and O–H groups in total. The van der Waals surface area contributed by atoms with Crippen LogP contribution in [0.2, 0.25) is 0 Å². The van der Waals surface area contributed by atoms with Gasteiger partial charge in [-0.2, -0.15) is 0 Å². The Morgan fingerprint density at radius 2 is 2.12 bits per heavy atom. The highest BCUT2D eigenvalue weighted by atomic mass is 32.2. The molecule has 0 unspecified atom stereocenters. The second kappa shape index (κ2) is 8.67. The van der Waals surface area contributed by atoms with E-state index in [9.17, 15) is 13.2 Å². The number of hydrogen-bond acceptors (Lipinski definition) is 4. The minimum absolute atomic E-state index is 0.0744. The summed E-state index contributed by atoms with van der Waals surface area (Å²) in [7, 11) is -3.23. The van der Waals surface area contributed by atoms with Crippen LogP contribution in [0.4, 0.5) is 0 Å². The first-order valence-corrected chi connectivity index (χ1v) is 10.4. The predicted octanol–water partition coefficient (Wildman–Crippen LogP) is 1.86. The van der Waals surface area contributed by atoms with Gasteiger partial charge in [0, 0.05) is 13.1 Å². The summed E-state index contributed by atoms with van der Waals surface area (Å²) in [6.07, 6.45) is 1.44. The van der Waals surface area contributed by atoms with Gasteiger partial charge < -0.3 is 10.1 Å². The lowest BCUT2D eigenvalue weighted by Gasteiger charge is -2.30. The number of rotatable bonds is 7. The second-order valence-electron chi connectivity index (χ2n) is 6.51. The number of sulfonamides is 1. The van der Waals surface area contributed by atoms with Crippen LogP contribution >= 0.6 is 0 Å². The van der Waals surface area contributed by atoms with Crippen molar-refractivity contribution in [1.29, 1.82) is 0 Å². The monoisotopic (exact) mass is 368 g/mol. The number of piperidine rings is 1. The summed E-state index contributed by atoms with van der Waals surface area (Å²) in [6, 6.07) is 6.02. The third kappa shape index (κ3) is 5.44. The third-order valence-corrected chi connectivity index (χ3v) is 6.36. The molecule has 1 saturated heterocycles. The highest BCUT2D eigenvalue weighted by Crippen LogP contribution is 2.20. The quantitative estimate of drug-likeness (QED) is 0.746. The molecule has 2 rings (SSSR count). The lowest BCUT2D eigenvalue weighted by atomic mass is 9.99. The van der Waals surface area contributed by atoms with Gasteiger partial charge in [-0.15, -0.1) is 0 Å². The van der Waals surface area contributed by atoms with Crippen molar-refractivity contribution in [3.8, 4) is 5.75 Å². The van der Waals surface area contributed by atoms with Crippen molar-refractivity contribution in [1.82, 2.24) is 9.62 Å². The van der Waals surface area contributed by atoms with E-state index in [0.717, 1.165) is 29.7 Å². The smallest absolute Gasteiger partial charge is 0.224 e. The predicted molar refractivity (Wildman–Crippen MR) is 98.2 cm³/mol. The summed E-state index contributed by atoms with van der Waals surface area (Å²) < 4.78 is 31.1. The Hall–Kier alpha value is -1.60. The Labute approximate surface area is 150 Å². The van der Waals surface area contributed by atoms with Gasteiger partial charge in [-0.05, 0) is 50.8 Å². The fourth-order valence-electron chi connectivity index (χ4n) is 2.93. The van der Waals surface area contributed by atoms with Crippen LogP contribution in [0.5, 0.6) is 5.75 Å². The SMILES string of the molecule is CCS(=O)(=O)N1CCC[C@@H](C(=O)NCCOc2cc(C)ccc2C)C1. The van der Waals surface area contributed by atoms with Gasteiger partial charge in [0.2, 0.25) is 15.9 Å². The van der Waals surface area contributed by atoms with Crippen LogP contribution in [-0.2, 0) is 14.8 Å². The molecule has 1 fully saturated rings. The normalized spacial score (nSPS) is 18.8. The maximum absolute atomic E-state index is 12.3. The number of carbonyl (C=O) groups is 1. The van der Waals surface area contributed by atoms with Crippen molar-refractivity contribution in [2.75, 3.05) is 32.0 Å². The number of nitrogens with one attached hydrogen (secondary N) is 1. The average molecular weight is 368 g/mol. The number of hydrogen-bond donors (Lipinski definition) is 1. The molecule has 6 nitrogen and oxygen atoms in total. The van der Waals surface area contributed by atoms with E-state index in [1.165, 1.54) is 4.31 Å². The number of amides is 1. The Morgan fingerprint density at radius 1 is 1.36 bits per heavy atom. The van der Waals surface area contributed by atoms with Crippen LogP contribution < -0.4 is 10.1 Å². The highest BCUT2D eigenvalue weighted by molar-refractivity contribution is 7.89. The second-order valence-corrected chi connectivity index (χ2v) is 8.76. The van der Waals surface area contributed by atoms with Gasteiger partial charge in [0.15, 0.2) is 0 Å². The summed E-state index contributed by atoms with van der Waals surface area (Å²) in [4.78, 5) is 12.3. The molecule has 1 aromatic carbocycles. The molecule has 0 spiro atoms. The zero-order valence-corrected chi connectivity index (χ0v) is 16.1. The summed E-state index contributed by atoms with van der Waals surface area (Å²) in [5.41, 5.74) is 2.19. The molecule has 7 heteroatoms. The lowest BCUT2D eigenvalue weighted by molar-refractivity contribution is -0.126. The van der Waals surface area contributed by atoms with Crippen molar-refractivity contribution in [2.45, 2.75) is 33.6 Å². The van der Waals surface area contributed by atoms with Gasteiger partial charge >= 0.3 is 0 Å². The van der Waals surface area contributed by atoms with E-state index in [1.54, 1.807) is 6.92 Å². The fraction of sp³-hybridized carbons (Fsp3) is 0.611. The summed E-state index contributed by atoms with van der Waals surface area (Å²) >= 11 is 0. The summed E-state index contributed by atoms with van der Waals surface area (Å²) in [6.45, 7) is 7.20. The molecular weight excluding hydrogens is 340 g/mol. The third-order valence-electron chi connectivity index (χ3n) is 4.52. The highest BCUT2D eigenvalue weighted by Gasteiger charge is 2.31. The largest absolute Gasteiger partial charge is 0.491 e. The number of benzene rings is 1. The van der Waals surface area contributed by atoms with Crippen LogP contribution in [0.1, 0.15) is 30.9 Å². The van der Waals surface area contributed by atoms with Gasteiger partial charge in [0.05, 0.1) is 18.2 Å². The molecule has 1 atom stereocenters. The van der Waals surface area contributed by atoms with Crippen molar-refractivity contribution in [2.24, 2.45) is 5.92 Å². The molecular formula is C18H28N2O4S. The van der Waals surface area contributed by atoms with E-state index in [1.807, 2.05) is 32.0 Å². The van der Waals surface area contributed by atoms with Crippen molar-refractivity contribution >= 4 is 15.9 Å². The zero-order chi connectivity index (χ0) is 18.4. The van der Waals surface area contributed by atoms with E-state index in [0.29, 0.717) is 19.7 Å². The summed E-state index contributed by atoms with van der Waals surface area (Å²) in [5, 5.41) is 2.86. The number of aryl methyl sites for hydroxylation is 2. The molecule has 1 aliphatic rings. The Kier molecular flexibility index (Phi) is 6.84. The minimum atomic E-state index is -3.23. The van der Waals surface area contributed by atoms with Gasteiger partial charge in [0.1, 0.15) is 12.4 Å². The Bertz CT molecular complexity index is 703. The molecule has 25 heavy (non-hydrogen) atoms. The first-order valence-electron chi connectivity index (χ1n) is 8.79. The van der Waals surface area contributed by atoms with Crippen LogP contribution in [0, 0.1) is 19.8 Å². The molecule has 0 radical (unpaired) electrons. The topological polar surface area (TPSA) is 75.7 Å². The summed E-state index contributed by atoms with van der Waals surface area (Å²) in [5.74, 6) is 0.522. The number of nitrogens with zero attached hydrogens (tertiary/aromatic N) is 1. The van der Waals surface area contributed by atoms with E-state index in [-0.39, 0.29) is 24.1 Å². The van der Waals surface area contributed by atoms with Crippen molar-refractivity contribution < 1.29 is 17.9 Å². The van der Waals surface area contributed by atoms with E-state index >= 15 is 0 Å². The molecule has 140 valence electrons. The fourth-order valence-corrected chi connectivity index (χ4v) is 4.11. The lowest BCUT2D eigenvalue weighted by Crippen LogP contribution is -2.46. The zero-order valence-electron chi connectivity index (χ0n) is 15.2. The maximum atomic E-state index is 12.3. The molecule has 0 bridgehead atoms. The van der Waals surface area contributed by atoms with Gasteiger partial charge in [-0.3, -0.25) is 4.79 Å². The number of carbonyl (C=O) groups excluding carboxylic acids is 1. The van der Waals surface area contributed by atoms with Crippen molar-refractivity contribution in [3.63, 3.8) is 0 Å². The standard InChI is InChI=1S/C18H28N2O4S/c1-4-25(22,23)20-10-5-6-16(13-20)18(21)19-9-11-24-17-12-14(2)7-8-15(17)3/h7-8,12,16H,4-6,9-11,13H2,1-3H3,(H,19,21)/t16-/m1/s1. The molecule has 0 aromatic heterocycles. The Morgan fingerprint density at radius 3 is 2.84 bits per heavy atom. The molecule has 1 aliphatic heterocycles. The van der Waals surface area contributed by atoms with Crippen LogP contribution in [0.25, 0.3) is 0 Å². The maximum Gasteiger partial charge on any atom is 0.224 e. The average Bonchev–Trinajstić information content (AvgIpc) is 2.61. The molecule has 1 heterocycles. The first kappa shape index (κ1) is 19.7. The molecule has 0 saturated carbocycles.